The number of carbonyl (C=O) groups is 1. The van der Waals surface area contributed by atoms with Crippen LogP contribution in [0.25, 0.3) is 11.0 Å². The first-order chi connectivity index (χ1) is 11.5. The average Bonchev–Trinajstić information content (AvgIpc) is 2.97. The molecule has 0 unspecified atom stereocenters. The molecule has 0 aliphatic heterocycles. The molecule has 1 heterocycles. The van der Waals surface area contributed by atoms with Crippen LogP contribution in [0.4, 0.5) is 5.69 Å². The van der Waals surface area contributed by atoms with E-state index in [0.717, 1.165) is 16.7 Å². The Hall–Kier alpha value is -3.15. The second-order valence-electron chi connectivity index (χ2n) is 5.51. The highest BCUT2D eigenvalue weighted by molar-refractivity contribution is 5.96. The van der Waals surface area contributed by atoms with Gasteiger partial charge in [0.15, 0.2) is 0 Å². The number of nitro benzene ring substituents is 1. The van der Waals surface area contributed by atoms with Gasteiger partial charge in [-0.3, -0.25) is 14.9 Å². The van der Waals surface area contributed by atoms with Crippen molar-refractivity contribution in [3.8, 4) is 0 Å². The van der Waals surface area contributed by atoms with Gasteiger partial charge < -0.3 is 9.73 Å². The molecule has 0 saturated heterocycles. The van der Waals surface area contributed by atoms with Crippen molar-refractivity contribution in [2.24, 2.45) is 0 Å². The number of hydrogen-bond acceptors (Lipinski definition) is 4. The van der Waals surface area contributed by atoms with Gasteiger partial charge in [-0.1, -0.05) is 24.3 Å². The fourth-order valence-electron chi connectivity index (χ4n) is 2.52. The Morgan fingerprint density at radius 3 is 2.75 bits per heavy atom. The van der Waals surface area contributed by atoms with E-state index in [4.69, 9.17) is 4.42 Å². The lowest BCUT2D eigenvalue weighted by Crippen LogP contribution is -2.26. The van der Waals surface area contributed by atoms with Crippen LogP contribution in [-0.2, 0) is 6.42 Å². The molecule has 3 aromatic rings. The van der Waals surface area contributed by atoms with E-state index in [1.165, 1.54) is 12.1 Å². The molecule has 24 heavy (non-hydrogen) atoms. The van der Waals surface area contributed by atoms with Crippen molar-refractivity contribution in [3.63, 3.8) is 0 Å². The number of amides is 1. The van der Waals surface area contributed by atoms with Crippen LogP contribution in [0.5, 0.6) is 0 Å². The summed E-state index contributed by atoms with van der Waals surface area (Å²) in [7, 11) is 0. The van der Waals surface area contributed by atoms with Crippen LogP contribution in [-0.4, -0.2) is 17.4 Å². The lowest BCUT2D eigenvalue weighted by molar-refractivity contribution is -0.384. The molecule has 0 bridgehead atoms. The average molecular weight is 324 g/mol. The second-order valence-corrected chi connectivity index (χ2v) is 5.51. The molecule has 122 valence electrons. The predicted octanol–water partition coefficient (Wildman–Crippen LogP) is 3.62. The van der Waals surface area contributed by atoms with Gasteiger partial charge in [0.25, 0.3) is 11.6 Å². The lowest BCUT2D eigenvalue weighted by atomic mass is 10.1. The standard InChI is InChI=1S/C18H16N2O4/c1-12-6-7-14(20(22)23)11-16(12)18(21)19-9-8-15-10-13-4-2-3-5-17(13)24-15/h2-7,10-11H,8-9H2,1H3,(H,19,21). The van der Waals surface area contributed by atoms with Crippen LogP contribution in [0.1, 0.15) is 21.7 Å². The summed E-state index contributed by atoms with van der Waals surface area (Å²) in [6, 6.07) is 13.9. The van der Waals surface area contributed by atoms with Gasteiger partial charge in [0.2, 0.25) is 0 Å². The fourth-order valence-corrected chi connectivity index (χ4v) is 2.52. The van der Waals surface area contributed by atoms with Crippen LogP contribution in [0, 0.1) is 17.0 Å². The van der Waals surface area contributed by atoms with Crippen LogP contribution >= 0.6 is 0 Å². The quantitative estimate of drug-likeness (QED) is 0.573. The van der Waals surface area contributed by atoms with Gasteiger partial charge in [-0.05, 0) is 24.6 Å². The number of furan rings is 1. The molecular weight excluding hydrogens is 308 g/mol. The number of benzene rings is 2. The predicted molar refractivity (Wildman–Crippen MR) is 90.1 cm³/mol. The largest absolute Gasteiger partial charge is 0.461 e. The van der Waals surface area contributed by atoms with E-state index in [0.29, 0.717) is 24.1 Å². The molecule has 0 saturated carbocycles. The smallest absolute Gasteiger partial charge is 0.270 e. The van der Waals surface area contributed by atoms with E-state index in [-0.39, 0.29) is 11.6 Å². The maximum atomic E-state index is 12.2. The number of fused-ring (bicyclic) bond motifs is 1. The van der Waals surface area contributed by atoms with E-state index in [1.54, 1.807) is 13.0 Å². The van der Waals surface area contributed by atoms with Crippen LogP contribution in [0.2, 0.25) is 0 Å². The first kappa shape index (κ1) is 15.7. The minimum atomic E-state index is -0.509. The minimum Gasteiger partial charge on any atom is -0.461 e. The van der Waals surface area contributed by atoms with E-state index in [2.05, 4.69) is 5.32 Å². The first-order valence-corrected chi connectivity index (χ1v) is 7.55. The van der Waals surface area contributed by atoms with Crippen molar-refractivity contribution in [2.45, 2.75) is 13.3 Å². The number of rotatable bonds is 5. The Labute approximate surface area is 138 Å². The summed E-state index contributed by atoms with van der Waals surface area (Å²) in [5.41, 5.74) is 1.73. The monoisotopic (exact) mass is 324 g/mol. The van der Waals surface area contributed by atoms with Gasteiger partial charge >= 0.3 is 0 Å². The topological polar surface area (TPSA) is 85.4 Å². The third-order valence-corrected chi connectivity index (χ3v) is 3.81. The number of nitro groups is 1. The Kier molecular flexibility index (Phi) is 4.29. The Balaban J connectivity index is 1.65. The van der Waals surface area contributed by atoms with E-state index >= 15 is 0 Å². The highest BCUT2D eigenvalue weighted by Gasteiger charge is 2.14. The van der Waals surface area contributed by atoms with Gasteiger partial charge in [-0.2, -0.15) is 0 Å². The molecule has 6 nitrogen and oxygen atoms in total. The number of nitrogens with one attached hydrogen (secondary N) is 1. The van der Waals surface area contributed by atoms with Crippen molar-refractivity contribution in [1.29, 1.82) is 0 Å². The summed E-state index contributed by atoms with van der Waals surface area (Å²) in [5.74, 6) is 0.458. The lowest BCUT2D eigenvalue weighted by Gasteiger charge is -2.07. The third-order valence-electron chi connectivity index (χ3n) is 3.81. The first-order valence-electron chi connectivity index (χ1n) is 7.55. The molecule has 1 amide bonds. The maximum absolute atomic E-state index is 12.2. The number of aryl methyl sites for hydroxylation is 1. The highest BCUT2D eigenvalue weighted by atomic mass is 16.6. The number of hydrogen-bond donors (Lipinski definition) is 1. The van der Waals surface area contributed by atoms with Crippen molar-refractivity contribution in [2.75, 3.05) is 6.54 Å². The SMILES string of the molecule is Cc1ccc([N+](=O)[O-])cc1C(=O)NCCc1cc2ccccc2o1. The zero-order chi connectivity index (χ0) is 17.1. The van der Waals surface area contributed by atoms with E-state index < -0.39 is 4.92 Å². The van der Waals surface area contributed by atoms with Crippen molar-refractivity contribution in [3.05, 3.63) is 75.5 Å². The van der Waals surface area contributed by atoms with Gasteiger partial charge in [0.05, 0.1) is 4.92 Å². The minimum absolute atomic E-state index is 0.0944. The molecule has 2 aromatic carbocycles. The summed E-state index contributed by atoms with van der Waals surface area (Å²) in [6.07, 6.45) is 0.550. The van der Waals surface area contributed by atoms with Crippen molar-refractivity contribution in [1.82, 2.24) is 5.32 Å². The summed E-state index contributed by atoms with van der Waals surface area (Å²) in [5, 5.41) is 14.6. The Bertz CT molecular complexity index is 881. The summed E-state index contributed by atoms with van der Waals surface area (Å²) in [4.78, 5) is 22.6. The van der Waals surface area contributed by atoms with Gasteiger partial charge in [0.1, 0.15) is 11.3 Å². The summed E-state index contributed by atoms with van der Waals surface area (Å²) >= 11 is 0. The van der Waals surface area contributed by atoms with Gasteiger partial charge in [-0.25, -0.2) is 0 Å². The molecule has 0 aliphatic rings. The summed E-state index contributed by atoms with van der Waals surface area (Å²) in [6.45, 7) is 2.14. The molecule has 0 fully saturated rings. The fraction of sp³-hybridized carbons (Fsp3) is 0.167. The number of carbonyl (C=O) groups excluding carboxylic acids is 1. The molecule has 0 aliphatic carbocycles. The molecule has 0 atom stereocenters. The number of para-hydroxylation sites is 1. The zero-order valence-corrected chi connectivity index (χ0v) is 13.1. The zero-order valence-electron chi connectivity index (χ0n) is 13.1. The third kappa shape index (κ3) is 3.27. The molecular formula is C18H16N2O4. The molecule has 3 rings (SSSR count). The Morgan fingerprint density at radius 1 is 1.21 bits per heavy atom. The number of non-ortho nitro benzene ring substituents is 1. The number of nitrogens with zero attached hydrogens (tertiary/aromatic N) is 1. The van der Waals surface area contributed by atoms with Gasteiger partial charge in [0, 0.05) is 36.0 Å². The second kappa shape index (κ2) is 6.54. The van der Waals surface area contributed by atoms with E-state index in [1.807, 2.05) is 30.3 Å². The molecule has 0 spiro atoms. The van der Waals surface area contributed by atoms with Gasteiger partial charge in [-0.15, -0.1) is 0 Å². The highest BCUT2D eigenvalue weighted by Crippen LogP contribution is 2.19. The van der Waals surface area contributed by atoms with E-state index in [9.17, 15) is 14.9 Å². The van der Waals surface area contributed by atoms with Crippen LogP contribution < -0.4 is 5.32 Å². The molecule has 1 N–H and O–H groups in total. The maximum Gasteiger partial charge on any atom is 0.270 e. The molecule has 1 aromatic heterocycles. The van der Waals surface area contributed by atoms with Crippen molar-refractivity contribution >= 4 is 22.6 Å². The van der Waals surface area contributed by atoms with Crippen LogP contribution in [0.3, 0.4) is 0 Å². The Morgan fingerprint density at radius 2 is 2.00 bits per heavy atom. The van der Waals surface area contributed by atoms with Crippen molar-refractivity contribution < 1.29 is 14.1 Å². The normalized spacial score (nSPS) is 10.7. The molecule has 6 heteroatoms. The summed E-state index contributed by atoms with van der Waals surface area (Å²) < 4.78 is 5.69. The van der Waals surface area contributed by atoms with Crippen LogP contribution in [0.15, 0.2) is 52.9 Å². The molecule has 0 radical (unpaired) electrons.